The van der Waals surface area contributed by atoms with Crippen LogP contribution < -0.4 is 0 Å². The first-order chi connectivity index (χ1) is 9.61. The average molecular weight is 273 g/mol. The molecule has 20 heavy (non-hydrogen) atoms. The number of nitrogens with zero attached hydrogens (tertiary/aromatic N) is 1. The zero-order valence-corrected chi connectivity index (χ0v) is 11.8. The Kier molecular flexibility index (Phi) is 4.58. The van der Waals surface area contributed by atoms with E-state index in [1.165, 1.54) is 0 Å². The summed E-state index contributed by atoms with van der Waals surface area (Å²) in [7, 11) is 0. The van der Waals surface area contributed by atoms with Crippen LogP contribution in [0.4, 0.5) is 0 Å². The molecule has 0 bridgehead atoms. The van der Waals surface area contributed by atoms with Crippen LogP contribution in [0.2, 0.25) is 0 Å². The van der Waals surface area contributed by atoms with Crippen LogP contribution in [0, 0.1) is 13.8 Å². The van der Waals surface area contributed by atoms with Gasteiger partial charge < -0.3 is 14.4 Å². The molecule has 1 N–H and O–H groups in total. The van der Waals surface area contributed by atoms with Crippen molar-refractivity contribution in [1.29, 1.82) is 0 Å². The Morgan fingerprint density at radius 2 is 1.95 bits per heavy atom. The van der Waals surface area contributed by atoms with E-state index in [9.17, 15) is 4.79 Å². The number of hydrogen-bond donors (Lipinski definition) is 1. The molecule has 0 atom stereocenters. The summed E-state index contributed by atoms with van der Waals surface area (Å²) in [6, 6.07) is 11.5. The molecule has 1 heterocycles. The number of rotatable bonds is 5. The Morgan fingerprint density at radius 3 is 2.50 bits per heavy atom. The maximum Gasteiger partial charge on any atom is 0.290 e. The molecule has 0 spiro atoms. The van der Waals surface area contributed by atoms with E-state index in [0.717, 1.165) is 16.9 Å². The third-order valence-corrected chi connectivity index (χ3v) is 3.11. The summed E-state index contributed by atoms with van der Waals surface area (Å²) in [5.41, 5.74) is 1.85. The number of amides is 1. The highest BCUT2D eigenvalue weighted by Crippen LogP contribution is 2.17. The van der Waals surface area contributed by atoms with Gasteiger partial charge in [-0.2, -0.15) is 0 Å². The van der Waals surface area contributed by atoms with Crippen LogP contribution in [-0.4, -0.2) is 29.1 Å². The van der Waals surface area contributed by atoms with E-state index in [0.29, 0.717) is 12.3 Å². The first-order valence-corrected chi connectivity index (χ1v) is 6.63. The Bertz CT molecular complexity index is 575. The van der Waals surface area contributed by atoms with Gasteiger partial charge in [0, 0.05) is 18.7 Å². The van der Waals surface area contributed by atoms with E-state index >= 15 is 0 Å². The predicted octanol–water partition coefficient (Wildman–Crippen LogP) is 2.53. The third kappa shape index (κ3) is 3.27. The molecule has 1 aromatic carbocycles. The number of hydrogen-bond acceptors (Lipinski definition) is 3. The van der Waals surface area contributed by atoms with Crippen LogP contribution in [0.3, 0.4) is 0 Å². The monoisotopic (exact) mass is 273 g/mol. The standard InChI is InChI=1S/C16H19NO3/c1-12-10-13(2)20-15(12)16(19)17(8-9-18)11-14-6-4-3-5-7-14/h3-7,10,18H,8-9,11H2,1-2H3. The molecule has 0 aliphatic rings. The summed E-state index contributed by atoms with van der Waals surface area (Å²) in [4.78, 5) is 14.1. The number of aliphatic hydroxyl groups is 1. The molecule has 0 saturated heterocycles. The summed E-state index contributed by atoms with van der Waals surface area (Å²) in [5.74, 6) is 0.884. The highest BCUT2D eigenvalue weighted by Gasteiger charge is 2.21. The van der Waals surface area contributed by atoms with Crippen molar-refractivity contribution in [3.8, 4) is 0 Å². The molecular weight excluding hydrogens is 254 g/mol. The molecular formula is C16H19NO3. The van der Waals surface area contributed by atoms with Crippen LogP contribution >= 0.6 is 0 Å². The van der Waals surface area contributed by atoms with Gasteiger partial charge in [-0.15, -0.1) is 0 Å². The third-order valence-electron chi connectivity index (χ3n) is 3.11. The SMILES string of the molecule is Cc1cc(C)c(C(=O)N(CCO)Cc2ccccc2)o1. The Labute approximate surface area is 118 Å². The summed E-state index contributed by atoms with van der Waals surface area (Å²) in [6.07, 6.45) is 0. The molecule has 2 aromatic rings. The fourth-order valence-electron chi connectivity index (χ4n) is 2.17. The molecule has 0 unspecified atom stereocenters. The summed E-state index contributed by atoms with van der Waals surface area (Å²) < 4.78 is 5.47. The second kappa shape index (κ2) is 6.39. The molecule has 0 aliphatic heterocycles. The maximum absolute atomic E-state index is 12.5. The lowest BCUT2D eigenvalue weighted by Crippen LogP contribution is -2.33. The van der Waals surface area contributed by atoms with E-state index in [4.69, 9.17) is 9.52 Å². The van der Waals surface area contributed by atoms with Crippen LogP contribution in [0.5, 0.6) is 0 Å². The van der Waals surface area contributed by atoms with Gasteiger partial charge in [0.2, 0.25) is 0 Å². The maximum atomic E-state index is 12.5. The van der Waals surface area contributed by atoms with Crippen molar-refractivity contribution in [3.05, 3.63) is 59.0 Å². The van der Waals surface area contributed by atoms with Crippen molar-refractivity contribution in [3.63, 3.8) is 0 Å². The number of benzene rings is 1. The smallest absolute Gasteiger partial charge is 0.290 e. The fourth-order valence-corrected chi connectivity index (χ4v) is 2.17. The van der Waals surface area contributed by atoms with Crippen molar-refractivity contribution in [2.45, 2.75) is 20.4 Å². The van der Waals surface area contributed by atoms with Gasteiger partial charge in [0.1, 0.15) is 5.76 Å². The first kappa shape index (κ1) is 14.3. The number of furan rings is 1. The molecule has 106 valence electrons. The largest absolute Gasteiger partial charge is 0.456 e. The highest BCUT2D eigenvalue weighted by atomic mass is 16.4. The predicted molar refractivity (Wildman–Crippen MR) is 76.5 cm³/mol. The van der Waals surface area contributed by atoms with E-state index in [-0.39, 0.29) is 19.1 Å². The van der Waals surface area contributed by atoms with Gasteiger partial charge in [0.25, 0.3) is 5.91 Å². The van der Waals surface area contributed by atoms with Crippen molar-refractivity contribution < 1.29 is 14.3 Å². The molecule has 1 amide bonds. The van der Waals surface area contributed by atoms with Gasteiger partial charge in [0.15, 0.2) is 5.76 Å². The molecule has 0 radical (unpaired) electrons. The Balaban J connectivity index is 2.20. The molecule has 0 fully saturated rings. The minimum atomic E-state index is -0.187. The van der Waals surface area contributed by atoms with Gasteiger partial charge >= 0.3 is 0 Å². The van der Waals surface area contributed by atoms with E-state index in [1.807, 2.05) is 50.2 Å². The van der Waals surface area contributed by atoms with Crippen molar-refractivity contribution in [2.75, 3.05) is 13.2 Å². The Morgan fingerprint density at radius 1 is 1.25 bits per heavy atom. The van der Waals surface area contributed by atoms with E-state index in [2.05, 4.69) is 0 Å². The molecule has 4 nitrogen and oxygen atoms in total. The second-order valence-corrected chi connectivity index (χ2v) is 4.81. The van der Waals surface area contributed by atoms with Crippen molar-refractivity contribution in [1.82, 2.24) is 4.90 Å². The van der Waals surface area contributed by atoms with Crippen molar-refractivity contribution in [2.24, 2.45) is 0 Å². The molecule has 4 heteroatoms. The average Bonchev–Trinajstić information content (AvgIpc) is 2.77. The van der Waals surface area contributed by atoms with Gasteiger partial charge in [0.05, 0.1) is 6.61 Å². The number of aryl methyl sites for hydroxylation is 2. The van der Waals surface area contributed by atoms with Crippen LogP contribution in [0.1, 0.15) is 27.4 Å². The van der Waals surface area contributed by atoms with Gasteiger partial charge in [-0.25, -0.2) is 0 Å². The van der Waals surface area contributed by atoms with Gasteiger partial charge in [-0.3, -0.25) is 4.79 Å². The lowest BCUT2D eigenvalue weighted by molar-refractivity contribution is 0.0673. The van der Waals surface area contributed by atoms with E-state index in [1.54, 1.807) is 4.90 Å². The van der Waals surface area contributed by atoms with E-state index < -0.39 is 0 Å². The topological polar surface area (TPSA) is 53.7 Å². The minimum absolute atomic E-state index is 0.0721. The number of aliphatic hydroxyl groups excluding tert-OH is 1. The van der Waals surface area contributed by atoms with Crippen LogP contribution in [0.25, 0.3) is 0 Å². The Hall–Kier alpha value is -2.07. The quantitative estimate of drug-likeness (QED) is 0.910. The van der Waals surface area contributed by atoms with Crippen LogP contribution in [-0.2, 0) is 6.54 Å². The molecule has 0 aliphatic carbocycles. The zero-order chi connectivity index (χ0) is 14.5. The summed E-state index contributed by atoms with van der Waals surface area (Å²) >= 11 is 0. The number of carbonyl (C=O) groups excluding carboxylic acids is 1. The minimum Gasteiger partial charge on any atom is -0.456 e. The lowest BCUT2D eigenvalue weighted by Gasteiger charge is -2.21. The summed E-state index contributed by atoms with van der Waals surface area (Å²) in [6.45, 7) is 4.34. The van der Waals surface area contributed by atoms with Crippen molar-refractivity contribution >= 4 is 5.91 Å². The second-order valence-electron chi connectivity index (χ2n) is 4.81. The molecule has 0 saturated carbocycles. The zero-order valence-electron chi connectivity index (χ0n) is 11.8. The lowest BCUT2D eigenvalue weighted by atomic mass is 10.2. The van der Waals surface area contributed by atoms with Gasteiger partial charge in [-0.05, 0) is 25.5 Å². The number of carbonyl (C=O) groups is 1. The van der Waals surface area contributed by atoms with Crippen LogP contribution in [0.15, 0.2) is 40.8 Å². The van der Waals surface area contributed by atoms with Gasteiger partial charge in [-0.1, -0.05) is 30.3 Å². The fraction of sp³-hybridized carbons (Fsp3) is 0.312. The molecule has 2 rings (SSSR count). The molecule has 1 aromatic heterocycles. The highest BCUT2D eigenvalue weighted by molar-refractivity contribution is 5.93. The summed E-state index contributed by atoms with van der Waals surface area (Å²) in [5, 5.41) is 9.16. The normalized spacial score (nSPS) is 10.6. The first-order valence-electron chi connectivity index (χ1n) is 6.63.